The quantitative estimate of drug-likeness (QED) is 0.595. The molecule has 33 heavy (non-hydrogen) atoms. The molecule has 3 aromatic rings. The molecule has 3 aromatic heterocycles. The molecule has 2 aliphatic heterocycles. The van der Waals surface area contributed by atoms with Gasteiger partial charge in [-0.1, -0.05) is 6.92 Å². The van der Waals surface area contributed by atoms with E-state index >= 15 is 0 Å². The number of carbonyl (C=O) groups excluding carboxylic acids is 2. The Morgan fingerprint density at radius 2 is 2.06 bits per heavy atom. The molecule has 0 unspecified atom stereocenters. The largest absolute Gasteiger partial charge is 0.330 e. The van der Waals surface area contributed by atoms with Crippen LogP contribution in [0.25, 0.3) is 5.65 Å². The van der Waals surface area contributed by atoms with Crippen LogP contribution in [0.1, 0.15) is 41.5 Å². The second-order valence-corrected chi connectivity index (χ2v) is 8.30. The van der Waals surface area contributed by atoms with Crippen molar-refractivity contribution < 1.29 is 14.0 Å². The number of rotatable bonds is 5. The Morgan fingerprint density at radius 1 is 1.27 bits per heavy atom. The average molecular weight is 453 g/mol. The Hall–Kier alpha value is -3.60. The van der Waals surface area contributed by atoms with Crippen molar-refractivity contribution in [2.45, 2.75) is 45.3 Å². The molecule has 0 aliphatic carbocycles. The molecule has 5 heterocycles. The van der Waals surface area contributed by atoms with Crippen LogP contribution >= 0.6 is 0 Å². The van der Waals surface area contributed by atoms with E-state index < -0.39 is 11.7 Å². The van der Waals surface area contributed by atoms with E-state index in [9.17, 15) is 18.8 Å². The highest BCUT2D eigenvalue weighted by Gasteiger charge is 2.38. The highest BCUT2D eigenvalue weighted by molar-refractivity contribution is 5.98. The topological polar surface area (TPSA) is 114 Å². The van der Waals surface area contributed by atoms with E-state index in [1.807, 2.05) is 6.92 Å². The molecule has 172 valence electrons. The molecule has 5 rings (SSSR count). The number of halogens is 1. The van der Waals surface area contributed by atoms with Crippen molar-refractivity contribution >= 4 is 23.3 Å². The highest BCUT2D eigenvalue weighted by Crippen LogP contribution is 2.27. The van der Waals surface area contributed by atoms with Crippen LogP contribution in [0.15, 0.2) is 29.2 Å². The lowest BCUT2D eigenvalue weighted by atomic mass is 10.1. The number of aromatic nitrogens is 4. The first kappa shape index (κ1) is 21.3. The van der Waals surface area contributed by atoms with Crippen molar-refractivity contribution in [3.05, 3.63) is 57.5 Å². The van der Waals surface area contributed by atoms with Crippen LogP contribution < -0.4 is 16.2 Å². The highest BCUT2D eigenvalue weighted by atomic mass is 19.1. The first-order valence-corrected chi connectivity index (χ1v) is 11.0. The third-order valence-corrected chi connectivity index (χ3v) is 6.22. The number of aryl methyl sites for hydroxylation is 1. The van der Waals surface area contributed by atoms with E-state index in [-0.39, 0.29) is 42.1 Å². The Kier molecular flexibility index (Phi) is 5.41. The number of hydrogen-bond acceptors (Lipinski definition) is 6. The van der Waals surface area contributed by atoms with Crippen LogP contribution in [0, 0.1) is 5.82 Å². The molecule has 2 amide bonds. The molecule has 0 radical (unpaired) electrons. The first-order valence-electron chi connectivity index (χ1n) is 11.0. The first-order chi connectivity index (χ1) is 16.0. The molecule has 10 nitrogen and oxygen atoms in total. The number of fused-ring (bicyclic) bond motifs is 2. The van der Waals surface area contributed by atoms with Gasteiger partial charge in [0.1, 0.15) is 29.5 Å². The zero-order valence-corrected chi connectivity index (χ0v) is 18.2. The number of nitrogens with zero attached hydrogens (tertiary/aromatic N) is 5. The Balaban J connectivity index is 1.55. The number of anilines is 1. The van der Waals surface area contributed by atoms with Gasteiger partial charge in [0.15, 0.2) is 0 Å². The molecule has 0 spiro atoms. The minimum atomic E-state index is -0.511. The summed E-state index contributed by atoms with van der Waals surface area (Å²) in [5.74, 6) is -1.01. The maximum atomic E-state index is 13.5. The SMILES string of the molecule is CCc1cc2n(CC(=O)Nc3ccc(F)cn3)c3c(c(=O)n2n1)CN(C1CCNCC1)C3=O. The number of hydrogen-bond donors (Lipinski definition) is 2. The molecule has 0 aromatic carbocycles. The van der Waals surface area contributed by atoms with E-state index in [4.69, 9.17) is 0 Å². The second-order valence-electron chi connectivity index (χ2n) is 8.30. The zero-order valence-electron chi connectivity index (χ0n) is 18.2. The Labute approximate surface area is 188 Å². The van der Waals surface area contributed by atoms with Gasteiger partial charge in [0.05, 0.1) is 24.0 Å². The third kappa shape index (κ3) is 3.78. The van der Waals surface area contributed by atoms with Crippen LogP contribution in [-0.2, 0) is 24.3 Å². The van der Waals surface area contributed by atoms with Gasteiger partial charge in [-0.05, 0) is 44.5 Å². The summed E-state index contributed by atoms with van der Waals surface area (Å²) in [7, 11) is 0. The van der Waals surface area contributed by atoms with Gasteiger partial charge < -0.3 is 20.1 Å². The van der Waals surface area contributed by atoms with Gasteiger partial charge in [0.25, 0.3) is 11.5 Å². The molecule has 2 N–H and O–H groups in total. The predicted molar refractivity (Wildman–Crippen MR) is 117 cm³/mol. The van der Waals surface area contributed by atoms with Crippen molar-refractivity contribution in [3.63, 3.8) is 0 Å². The maximum Gasteiger partial charge on any atom is 0.280 e. The predicted octanol–water partition coefficient (Wildman–Crippen LogP) is 0.939. The minimum Gasteiger partial charge on any atom is -0.330 e. The fourth-order valence-electron chi connectivity index (χ4n) is 4.55. The van der Waals surface area contributed by atoms with Gasteiger partial charge in [-0.2, -0.15) is 9.61 Å². The number of pyridine rings is 1. The van der Waals surface area contributed by atoms with Gasteiger partial charge in [0, 0.05) is 12.1 Å². The summed E-state index contributed by atoms with van der Waals surface area (Å²) in [5, 5.41) is 10.3. The standard InChI is InChI=1S/C22H24FN7O3/c1-2-14-9-19-29(12-18(31)26-17-4-3-13(23)10-25-17)20-16(21(32)30(19)27-14)11-28(22(20)33)15-5-7-24-8-6-15/h3-4,9-10,15,24H,2,5-8,11-12H2,1H3,(H,25,26,31). The lowest BCUT2D eigenvalue weighted by molar-refractivity contribution is -0.116. The summed E-state index contributed by atoms with van der Waals surface area (Å²) in [6.07, 6.45) is 3.23. The summed E-state index contributed by atoms with van der Waals surface area (Å²) in [6.45, 7) is 3.53. The van der Waals surface area contributed by atoms with Gasteiger partial charge in [-0.3, -0.25) is 14.4 Å². The molecular weight excluding hydrogens is 429 g/mol. The van der Waals surface area contributed by atoms with Crippen LogP contribution in [0.4, 0.5) is 10.2 Å². The number of nitrogens with one attached hydrogen (secondary N) is 2. The summed E-state index contributed by atoms with van der Waals surface area (Å²) >= 11 is 0. The van der Waals surface area contributed by atoms with E-state index in [0.29, 0.717) is 23.3 Å². The van der Waals surface area contributed by atoms with Crippen LogP contribution in [0.5, 0.6) is 0 Å². The van der Waals surface area contributed by atoms with E-state index in [1.54, 1.807) is 15.5 Å². The van der Waals surface area contributed by atoms with Crippen LogP contribution in [0.3, 0.4) is 0 Å². The zero-order chi connectivity index (χ0) is 23.1. The fraction of sp³-hybridized carbons (Fsp3) is 0.409. The number of piperidine rings is 1. The third-order valence-electron chi connectivity index (χ3n) is 6.22. The molecule has 0 atom stereocenters. The Morgan fingerprint density at radius 3 is 2.76 bits per heavy atom. The monoisotopic (exact) mass is 453 g/mol. The maximum absolute atomic E-state index is 13.5. The average Bonchev–Trinajstić information content (AvgIpc) is 3.41. The van der Waals surface area contributed by atoms with Gasteiger partial charge in [0.2, 0.25) is 5.91 Å². The smallest absolute Gasteiger partial charge is 0.280 e. The van der Waals surface area contributed by atoms with Crippen molar-refractivity contribution in [1.82, 2.24) is 29.4 Å². The van der Waals surface area contributed by atoms with E-state index in [1.165, 1.54) is 16.6 Å². The molecular formula is C22H24FN7O3. The van der Waals surface area contributed by atoms with Crippen molar-refractivity contribution in [2.75, 3.05) is 18.4 Å². The Bertz CT molecular complexity index is 1290. The minimum absolute atomic E-state index is 0.0368. The lowest BCUT2D eigenvalue weighted by Crippen LogP contribution is -2.43. The number of amides is 2. The van der Waals surface area contributed by atoms with E-state index in [0.717, 1.165) is 32.1 Å². The van der Waals surface area contributed by atoms with Gasteiger partial charge in [-0.25, -0.2) is 9.37 Å². The van der Waals surface area contributed by atoms with Crippen LogP contribution in [0.2, 0.25) is 0 Å². The molecule has 0 bridgehead atoms. The van der Waals surface area contributed by atoms with E-state index in [2.05, 4.69) is 20.7 Å². The molecule has 2 aliphatic rings. The van der Waals surface area contributed by atoms with Crippen molar-refractivity contribution in [3.8, 4) is 0 Å². The summed E-state index contributed by atoms with van der Waals surface area (Å²) < 4.78 is 16.0. The fourth-order valence-corrected chi connectivity index (χ4v) is 4.55. The van der Waals surface area contributed by atoms with Crippen molar-refractivity contribution in [1.29, 1.82) is 0 Å². The summed E-state index contributed by atoms with van der Waals surface area (Å²) in [5.41, 5.74) is 1.33. The summed E-state index contributed by atoms with van der Waals surface area (Å²) in [6, 6.07) is 4.32. The van der Waals surface area contributed by atoms with Crippen molar-refractivity contribution in [2.24, 2.45) is 0 Å². The normalized spacial score (nSPS) is 16.4. The number of carbonyl (C=O) groups is 2. The molecule has 1 fully saturated rings. The van der Waals surface area contributed by atoms with Gasteiger partial charge >= 0.3 is 0 Å². The lowest BCUT2D eigenvalue weighted by Gasteiger charge is -2.31. The molecule has 1 saturated heterocycles. The molecule has 11 heteroatoms. The van der Waals surface area contributed by atoms with Crippen LogP contribution in [-0.4, -0.2) is 55.0 Å². The summed E-state index contributed by atoms with van der Waals surface area (Å²) in [4.78, 5) is 45.2. The second kappa shape index (κ2) is 8.39. The van der Waals surface area contributed by atoms with Gasteiger partial charge in [-0.15, -0.1) is 0 Å². The molecule has 0 saturated carbocycles.